The van der Waals surface area contributed by atoms with Crippen LogP contribution in [-0.2, 0) is 11.2 Å². The summed E-state index contributed by atoms with van der Waals surface area (Å²) in [6, 6.07) is 14.5. The van der Waals surface area contributed by atoms with E-state index in [2.05, 4.69) is 6.92 Å². The van der Waals surface area contributed by atoms with Crippen LogP contribution in [0, 0.1) is 0 Å². The fourth-order valence-electron chi connectivity index (χ4n) is 2.08. The number of aryl methyl sites for hydroxylation is 1. The number of allylic oxidation sites excluding steroid dienone is 1. The first kappa shape index (κ1) is 17.5. The van der Waals surface area contributed by atoms with Gasteiger partial charge in [0.2, 0.25) is 0 Å². The summed E-state index contributed by atoms with van der Waals surface area (Å²) in [5, 5.41) is 8.81. The zero-order valence-corrected chi connectivity index (χ0v) is 13.7. The molecule has 1 atom stereocenters. The fourth-order valence-corrected chi connectivity index (χ4v) is 2.08. The highest BCUT2D eigenvalue weighted by Crippen LogP contribution is 2.15. The largest absolute Gasteiger partial charge is 0.479 e. The van der Waals surface area contributed by atoms with Gasteiger partial charge in [-0.1, -0.05) is 37.3 Å². The molecule has 4 heteroatoms. The smallest absolute Gasteiger partial charge is 0.344 e. The third-order valence-corrected chi connectivity index (χ3v) is 3.61. The number of carboxylic acid groups (broad SMARTS) is 1. The minimum Gasteiger partial charge on any atom is -0.479 e. The number of ether oxygens (including phenoxy) is 1. The van der Waals surface area contributed by atoms with E-state index in [9.17, 15) is 9.59 Å². The lowest BCUT2D eigenvalue weighted by atomic mass is 10.1. The van der Waals surface area contributed by atoms with Crippen LogP contribution in [-0.4, -0.2) is 23.0 Å². The van der Waals surface area contributed by atoms with Gasteiger partial charge in [-0.2, -0.15) is 0 Å². The molecule has 2 rings (SSSR count). The van der Waals surface area contributed by atoms with Gasteiger partial charge in [0.1, 0.15) is 5.75 Å². The molecule has 0 aliphatic carbocycles. The molecule has 0 saturated carbocycles. The molecule has 24 heavy (non-hydrogen) atoms. The SMILES string of the molecule is CCc1ccc(/C=C\C(=O)c2ccc(O[C@H](C)C(=O)O)cc2)cc1. The molecule has 0 bridgehead atoms. The van der Waals surface area contributed by atoms with Crippen molar-refractivity contribution in [2.75, 3.05) is 0 Å². The van der Waals surface area contributed by atoms with Gasteiger partial charge in [0.15, 0.2) is 11.9 Å². The van der Waals surface area contributed by atoms with E-state index in [1.54, 1.807) is 30.3 Å². The summed E-state index contributed by atoms with van der Waals surface area (Å²) < 4.78 is 5.23. The molecule has 4 nitrogen and oxygen atoms in total. The molecule has 124 valence electrons. The Morgan fingerprint density at radius 3 is 2.25 bits per heavy atom. The quantitative estimate of drug-likeness (QED) is 0.618. The summed E-state index contributed by atoms with van der Waals surface area (Å²) in [4.78, 5) is 22.9. The van der Waals surface area contributed by atoms with Crippen LogP contribution in [0.4, 0.5) is 0 Å². The van der Waals surface area contributed by atoms with Gasteiger partial charge in [0.05, 0.1) is 0 Å². The highest BCUT2D eigenvalue weighted by atomic mass is 16.5. The Kier molecular flexibility index (Phi) is 5.90. The Morgan fingerprint density at radius 2 is 1.71 bits per heavy atom. The van der Waals surface area contributed by atoms with Crippen LogP contribution >= 0.6 is 0 Å². The summed E-state index contributed by atoms with van der Waals surface area (Å²) in [5.74, 6) is -0.736. The Balaban J connectivity index is 2.01. The third kappa shape index (κ3) is 4.81. The molecule has 0 aromatic heterocycles. The van der Waals surface area contributed by atoms with Crippen molar-refractivity contribution in [2.45, 2.75) is 26.4 Å². The number of hydrogen-bond donors (Lipinski definition) is 1. The van der Waals surface area contributed by atoms with Crippen molar-refractivity contribution in [2.24, 2.45) is 0 Å². The van der Waals surface area contributed by atoms with Crippen LogP contribution in [0.15, 0.2) is 54.6 Å². The van der Waals surface area contributed by atoms with Crippen LogP contribution in [0.3, 0.4) is 0 Å². The van der Waals surface area contributed by atoms with Crippen LogP contribution in [0.2, 0.25) is 0 Å². The van der Waals surface area contributed by atoms with Crippen molar-refractivity contribution < 1.29 is 19.4 Å². The van der Waals surface area contributed by atoms with Crippen molar-refractivity contribution in [1.29, 1.82) is 0 Å². The summed E-state index contributed by atoms with van der Waals surface area (Å²) in [7, 11) is 0. The van der Waals surface area contributed by atoms with Crippen molar-refractivity contribution in [3.63, 3.8) is 0 Å². The molecule has 0 aliphatic heterocycles. The van der Waals surface area contributed by atoms with E-state index in [-0.39, 0.29) is 5.78 Å². The Morgan fingerprint density at radius 1 is 1.08 bits per heavy atom. The standard InChI is InChI=1S/C20H20O4/c1-3-15-4-6-16(7-5-15)8-13-19(21)17-9-11-18(12-10-17)24-14(2)20(22)23/h4-14H,3H2,1-2H3,(H,22,23)/b13-8-/t14-/m1/s1. The summed E-state index contributed by atoms with van der Waals surface area (Å²) in [6.45, 7) is 3.55. The lowest BCUT2D eigenvalue weighted by molar-refractivity contribution is -0.144. The minimum atomic E-state index is -1.04. The number of rotatable bonds is 7. The summed E-state index contributed by atoms with van der Waals surface area (Å²) in [6.07, 6.45) is 3.35. The first-order valence-corrected chi connectivity index (χ1v) is 7.80. The second-order valence-corrected chi connectivity index (χ2v) is 5.42. The molecule has 0 heterocycles. The number of ketones is 1. The fraction of sp³-hybridized carbons (Fsp3) is 0.200. The molecular formula is C20H20O4. The van der Waals surface area contributed by atoms with Gasteiger partial charge in [-0.05, 0) is 54.8 Å². The topological polar surface area (TPSA) is 63.6 Å². The van der Waals surface area contributed by atoms with Gasteiger partial charge in [0, 0.05) is 5.56 Å². The predicted octanol–water partition coefficient (Wildman–Crippen LogP) is 4.00. The maximum absolute atomic E-state index is 12.2. The first-order chi connectivity index (χ1) is 11.5. The van der Waals surface area contributed by atoms with Gasteiger partial charge in [-0.3, -0.25) is 4.79 Å². The lowest BCUT2D eigenvalue weighted by Crippen LogP contribution is -2.22. The molecule has 0 fully saturated rings. The Bertz CT molecular complexity index is 727. The number of hydrogen-bond acceptors (Lipinski definition) is 3. The molecule has 0 spiro atoms. The molecule has 0 unspecified atom stereocenters. The number of carbonyl (C=O) groups is 2. The average Bonchev–Trinajstić information content (AvgIpc) is 2.60. The Hall–Kier alpha value is -2.88. The van der Waals surface area contributed by atoms with Gasteiger partial charge in [0.25, 0.3) is 0 Å². The van der Waals surface area contributed by atoms with E-state index in [4.69, 9.17) is 9.84 Å². The van der Waals surface area contributed by atoms with E-state index in [1.165, 1.54) is 18.6 Å². The second-order valence-electron chi connectivity index (χ2n) is 5.42. The van der Waals surface area contributed by atoms with Crippen molar-refractivity contribution >= 4 is 17.8 Å². The van der Waals surface area contributed by atoms with E-state index >= 15 is 0 Å². The lowest BCUT2D eigenvalue weighted by Gasteiger charge is -2.10. The maximum atomic E-state index is 12.2. The molecule has 2 aromatic rings. The number of benzene rings is 2. The molecule has 1 N–H and O–H groups in total. The number of carboxylic acids is 1. The molecule has 2 aromatic carbocycles. The summed E-state index contributed by atoms with van der Waals surface area (Å²) >= 11 is 0. The molecule has 0 radical (unpaired) electrons. The van der Waals surface area contributed by atoms with Crippen molar-refractivity contribution in [1.82, 2.24) is 0 Å². The minimum absolute atomic E-state index is 0.118. The summed E-state index contributed by atoms with van der Waals surface area (Å²) in [5.41, 5.74) is 2.74. The highest BCUT2D eigenvalue weighted by Gasteiger charge is 2.12. The van der Waals surface area contributed by atoms with Crippen LogP contribution in [0.25, 0.3) is 6.08 Å². The predicted molar refractivity (Wildman–Crippen MR) is 93.4 cm³/mol. The van der Waals surface area contributed by atoms with E-state index in [0.717, 1.165) is 12.0 Å². The first-order valence-electron chi connectivity index (χ1n) is 7.80. The second kappa shape index (κ2) is 8.11. The number of aliphatic carboxylic acids is 1. The van der Waals surface area contributed by atoms with Crippen molar-refractivity contribution in [3.8, 4) is 5.75 Å². The van der Waals surface area contributed by atoms with Gasteiger partial charge >= 0.3 is 5.97 Å². The molecule has 0 amide bonds. The Labute approximate surface area is 141 Å². The molecule has 0 saturated heterocycles. The number of carbonyl (C=O) groups excluding carboxylic acids is 1. The zero-order valence-electron chi connectivity index (χ0n) is 13.7. The maximum Gasteiger partial charge on any atom is 0.344 e. The molecular weight excluding hydrogens is 304 g/mol. The van der Waals surface area contributed by atoms with Crippen LogP contribution in [0.5, 0.6) is 5.75 Å². The van der Waals surface area contributed by atoms with E-state index < -0.39 is 12.1 Å². The average molecular weight is 324 g/mol. The van der Waals surface area contributed by atoms with Gasteiger partial charge in [-0.15, -0.1) is 0 Å². The van der Waals surface area contributed by atoms with Crippen LogP contribution < -0.4 is 4.74 Å². The molecule has 0 aliphatic rings. The third-order valence-electron chi connectivity index (χ3n) is 3.61. The van der Waals surface area contributed by atoms with E-state index in [0.29, 0.717) is 11.3 Å². The van der Waals surface area contributed by atoms with Crippen molar-refractivity contribution in [3.05, 3.63) is 71.3 Å². The highest BCUT2D eigenvalue weighted by molar-refractivity contribution is 6.06. The normalized spacial score (nSPS) is 12.1. The van der Waals surface area contributed by atoms with Crippen LogP contribution in [0.1, 0.15) is 35.3 Å². The monoisotopic (exact) mass is 324 g/mol. The van der Waals surface area contributed by atoms with E-state index in [1.807, 2.05) is 24.3 Å². The van der Waals surface area contributed by atoms with Gasteiger partial charge < -0.3 is 9.84 Å². The zero-order chi connectivity index (χ0) is 17.5. The van der Waals surface area contributed by atoms with Gasteiger partial charge in [-0.25, -0.2) is 4.79 Å².